The van der Waals surface area contributed by atoms with Gasteiger partial charge in [-0.15, -0.1) is 0 Å². The first-order chi connectivity index (χ1) is 11.4. The SMILES string of the molecule is Cc1cc(C(=O)NCc2ccc(Cl)c(C)c2)c2c(=O)[nH]n(C)c2n1. The molecular weight excluding hydrogens is 328 g/mol. The second-order valence-corrected chi connectivity index (χ2v) is 6.18. The van der Waals surface area contributed by atoms with E-state index in [4.69, 9.17) is 11.6 Å². The van der Waals surface area contributed by atoms with Gasteiger partial charge in [0, 0.05) is 24.3 Å². The Labute approximate surface area is 143 Å². The van der Waals surface area contributed by atoms with E-state index in [0.717, 1.165) is 11.1 Å². The molecule has 1 aromatic carbocycles. The Morgan fingerprint density at radius 3 is 2.79 bits per heavy atom. The number of amides is 1. The van der Waals surface area contributed by atoms with E-state index in [1.165, 1.54) is 4.68 Å². The highest BCUT2D eigenvalue weighted by atomic mass is 35.5. The summed E-state index contributed by atoms with van der Waals surface area (Å²) in [5.74, 6) is -0.310. The van der Waals surface area contributed by atoms with Crippen LogP contribution in [0.1, 0.15) is 27.2 Å². The van der Waals surface area contributed by atoms with Crippen molar-refractivity contribution in [1.29, 1.82) is 0 Å². The monoisotopic (exact) mass is 344 g/mol. The van der Waals surface area contributed by atoms with Crippen LogP contribution in [-0.2, 0) is 13.6 Å². The van der Waals surface area contributed by atoms with Crippen molar-refractivity contribution in [3.63, 3.8) is 0 Å². The van der Waals surface area contributed by atoms with Gasteiger partial charge in [0.2, 0.25) is 0 Å². The zero-order valence-corrected chi connectivity index (χ0v) is 14.4. The molecule has 3 rings (SSSR count). The molecule has 0 unspecified atom stereocenters. The summed E-state index contributed by atoms with van der Waals surface area (Å²) in [6.45, 7) is 4.05. The molecular formula is C17H17ClN4O2. The molecule has 0 aliphatic heterocycles. The highest BCUT2D eigenvalue weighted by Gasteiger charge is 2.17. The van der Waals surface area contributed by atoms with Gasteiger partial charge in [0.1, 0.15) is 0 Å². The Balaban J connectivity index is 1.91. The minimum Gasteiger partial charge on any atom is -0.348 e. The molecule has 0 fully saturated rings. The number of rotatable bonds is 3. The van der Waals surface area contributed by atoms with Gasteiger partial charge < -0.3 is 5.32 Å². The van der Waals surface area contributed by atoms with Crippen molar-refractivity contribution in [3.8, 4) is 0 Å². The topological polar surface area (TPSA) is 79.8 Å². The van der Waals surface area contributed by atoms with Gasteiger partial charge in [-0.2, -0.15) is 0 Å². The predicted octanol–water partition coefficient (Wildman–Crippen LogP) is 2.46. The molecule has 6 nitrogen and oxygen atoms in total. The van der Waals surface area contributed by atoms with Crippen molar-refractivity contribution in [2.45, 2.75) is 20.4 Å². The zero-order valence-electron chi connectivity index (χ0n) is 13.6. The number of benzene rings is 1. The van der Waals surface area contributed by atoms with Crippen molar-refractivity contribution in [2.75, 3.05) is 0 Å². The number of aryl methyl sites for hydroxylation is 3. The lowest BCUT2D eigenvalue weighted by Gasteiger charge is -2.08. The Morgan fingerprint density at radius 1 is 1.33 bits per heavy atom. The maximum absolute atomic E-state index is 12.6. The summed E-state index contributed by atoms with van der Waals surface area (Å²) in [5.41, 5.74) is 3.02. The predicted molar refractivity (Wildman–Crippen MR) is 93.4 cm³/mol. The average Bonchev–Trinajstić information content (AvgIpc) is 2.82. The van der Waals surface area contributed by atoms with Gasteiger partial charge in [-0.3, -0.25) is 19.4 Å². The molecule has 2 aromatic heterocycles. The molecule has 0 atom stereocenters. The van der Waals surface area contributed by atoms with Crippen LogP contribution in [-0.4, -0.2) is 20.7 Å². The number of nitrogens with one attached hydrogen (secondary N) is 2. The van der Waals surface area contributed by atoms with E-state index in [2.05, 4.69) is 15.4 Å². The molecule has 0 radical (unpaired) electrons. The second-order valence-electron chi connectivity index (χ2n) is 5.78. The summed E-state index contributed by atoms with van der Waals surface area (Å²) in [4.78, 5) is 29.0. The molecule has 3 aromatic rings. The van der Waals surface area contributed by atoms with E-state index in [9.17, 15) is 9.59 Å². The maximum Gasteiger partial charge on any atom is 0.274 e. The number of carbonyl (C=O) groups excluding carboxylic acids is 1. The molecule has 7 heteroatoms. The van der Waals surface area contributed by atoms with Gasteiger partial charge in [0.15, 0.2) is 5.65 Å². The molecule has 0 spiro atoms. The summed E-state index contributed by atoms with van der Waals surface area (Å²) >= 11 is 6.01. The summed E-state index contributed by atoms with van der Waals surface area (Å²) in [5, 5.41) is 6.46. The number of pyridine rings is 1. The first kappa shape index (κ1) is 16.3. The van der Waals surface area contributed by atoms with Gasteiger partial charge in [-0.25, -0.2) is 4.98 Å². The summed E-state index contributed by atoms with van der Waals surface area (Å²) < 4.78 is 1.52. The normalized spacial score (nSPS) is 11.0. The quantitative estimate of drug-likeness (QED) is 0.766. The molecule has 24 heavy (non-hydrogen) atoms. The van der Waals surface area contributed by atoms with Crippen LogP contribution < -0.4 is 10.9 Å². The van der Waals surface area contributed by atoms with E-state index in [1.54, 1.807) is 26.1 Å². The molecule has 0 saturated heterocycles. The number of aromatic amines is 1. The third-order valence-electron chi connectivity index (χ3n) is 3.86. The molecule has 0 aliphatic rings. The number of aromatic nitrogens is 3. The number of H-pyrrole nitrogens is 1. The lowest BCUT2D eigenvalue weighted by molar-refractivity contribution is 0.0952. The third kappa shape index (κ3) is 2.92. The zero-order chi connectivity index (χ0) is 17.4. The van der Waals surface area contributed by atoms with Crippen LogP contribution in [0.5, 0.6) is 0 Å². The van der Waals surface area contributed by atoms with Crippen LogP contribution in [0.2, 0.25) is 5.02 Å². The molecule has 2 N–H and O–H groups in total. The Morgan fingerprint density at radius 2 is 2.08 bits per heavy atom. The van der Waals surface area contributed by atoms with E-state index in [0.29, 0.717) is 33.9 Å². The number of fused-ring (bicyclic) bond motifs is 1. The largest absolute Gasteiger partial charge is 0.348 e. The van der Waals surface area contributed by atoms with Crippen molar-refractivity contribution in [1.82, 2.24) is 20.1 Å². The molecule has 0 saturated carbocycles. The van der Waals surface area contributed by atoms with E-state index in [-0.39, 0.29) is 11.5 Å². The standard InChI is InChI=1S/C17H17ClN4O2/c1-9-6-11(4-5-13(9)18)8-19-16(23)12-7-10(2)20-15-14(12)17(24)21-22(15)3/h4-7H,8H2,1-3H3,(H,19,23)(H,21,24). The lowest BCUT2D eigenvalue weighted by Crippen LogP contribution is -2.24. The van der Waals surface area contributed by atoms with Crippen LogP contribution >= 0.6 is 11.6 Å². The summed E-state index contributed by atoms with van der Waals surface area (Å²) in [6, 6.07) is 7.21. The van der Waals surface area contributed by atoms with Gasteiger partial charge in [0.25, 0.3) is 11.5 Å². The Hall–Kier alpha value is -2.60. The van der Waals surface area contributed by atoms with Crippen molar-refractivity contribution < 1.29 is 4.79 Å². The molecule has 2 heterocycles. The first-order valence-electron chi connectivity index (χ1n) is 7.46. The van der Waals surface area contributed by atoms with Gasteiger partial charge >= 0.3 is 0 Å². The van der Waals surface area contributed by atoms with Crippen LogP contribution in [0.4, 0.5) is 0 Å². The number of hydrogen-bond acceptors (Lipinski definition) is 3. The van der Waals surface area contributed by atoms with E-state index >= 15 is 0 Å². The first-order valence-corrected chi connectivity index (χ1v) is 7.84. The molecule has 124 valence electrons. The van der Waals surface area contributed by atoms with Crippen LogP contribution in [0, 0.1) is 13.8 Å². The van der Waals surface area contributed by atoms with Crippen LogP contribution in [0.15, 0.2) is 29.1 Å². The fourth-order valence-electron chi connectivity index (χ4n) is 2.66. The van der Waals surface area contributed by atoms with E-state index in [1.807, 2.05) is 19.1 Å². The number of nitrogens with zero attached hydrogens (tertiary/aromatic N) is 2. The van der Waals surface area contributed by atoms with E-state index < -0.39 is 0 Å². The lowest BCUT2D eigenvalue weighted by atomic mass is 10.1. The molecule has 0 aliphatic carbocycles. The fraction of sp³-hybridized carbons (Fsp3) is 0.235. The van der Waals surface area contributed by atoms with Gasteiger partial charge in [-0.1, -0.05) is 23.7 Å². The van der Waals surface area contributed by atoms with Crippen molar-refractivity contribution in [3.05, 3.63) is 62.0 Å². The minimum atomic E-state index is -0.326. The number of carbonyl (C=O) groups is 1. The second kappa shape index (κ2) is 6.13. The number of hydrogen-bond donors (Lipinski definition) is 2. The van der Waals surface area contributed by atoms with Crippen LogP contribution in [0.3, 0.4) is 0 Å². The molecule has 1 amide bonds. The minimum absolute atomic E-state index is 0.299. The average molecular weight is 345 g/mol. The Bertz CT molecular complexity index is 1000. The molecule has 0 bridgehead atoms. The highest BCUT2D eigenvalue weighted by Crippen LogP contribution is 2.17. The maximum atomic E-state index is 12.6. The highest BCUT2D eigenvalue weighted by molar-refractivity contribution is 6.31. The van der Waals surface area contributed by atoms with Crippen molar-refractivity contribution >= 4 is 28.5 Å². The summed E-state index contributed by atoms with van der Waals surface area (Å²) in [6.07, 6.45) is 0. The smallest absolute Gasteiger partial charge is 0.274 e. The van der Waals surface area contributed by atoms with Crippen LogP contribution in [0.25, 0.3) is 11.0 Å². The fourth-order valence-corrected chi connectivity index (χ4v) is 2.78. The van der Waals surface area contributed by atoms with Gasteiger partial charge in [-0.05, 0) is 37.1 Å². The Kier molecular flexibility index (Phi) is 4.15. The van der Waals surface area contributed by atoms with Crippen molar-refractivity contribution in [2.24, 2.45) is 7.05 Å². The summed E-state index contributed by atoms with van der Waals surface area (Å²) in [7, 11) is 1.69. The third-order valence-corrected chi connectivity index (χ3v) is 4.29. The number of halogens is 1. The van der Waals surface area contributed by atoms with Gasteiger partial charge in [0.05, 0.1) is 10.9 Å².